The van der Waals surface area contributed by atoms with Gasteiger partial charge < -0.3 is 20.1 Å². The summed E-state index contributed by atoms with van der Waals surface area (Å²) in [6.07, 6.45) is 0.561. The van der Waals surface area contributed by atoms with Crippen LogP contribution in [0.1, 0.15) is 26.2 Å². The number of rotatable bonds is 5. The van der Waals surface area contributed by atoms with Crippen LogP contribution in [0.15, 0.2) is 24.3 Å². The van der Waals surface area contributed by atoms with Crippen LogP contribution in [0.4, 0.5) is 0 Å². The summed E-state index contributed by atoms with van der Waals surface area (Å²) in [4.78, 5) is 25.5. The van der Waals surface area contributed by atoms with Crippen molar-refractivity contribution in [3.05, 3.63) is 24.3 Å². The smallest absolute Gasteiger partial charge is 0.260 e. The van der Waals surface area contributed by atoms with Crippen LogP contribution in [0.2, 0.25) is 0 Å². The third-order valence-electron chi connectivity index (χ3n) is 3.94. The minimum Gasteiger partial charge on any atom is -0.508 e. The molecule has 1 unspecified atom stereocenters. The molecule has 0 spiro atoms. The van der Waals surface area contributed by atoms with Crippen molar-refractivity contribution in [3.8, 4) is 17.6 Å². The van der Waals surface area contributed by atoms with Crippen LogP contribution in [-0.2, 0) is 9.59 Å². The van der Waals surface area contributed by atoms with E-state index in [9.17, 15) is 14.7 Å². The SMILES string of the molecule is CC(Oc1ccc(O)cc1)C(=O)NC1CCN(C(=O)CC#N)CC1. The topological polar surface area (TPSA) is 103 Å². The van der Waals surface area contributed by atoms with Gasteiger partial charge >= 0.3 is 0 Å². The van der Waals surface area contributed by atoms with Crippen molar-refractivity contribution in [2.45, 2.75) is 38.3 Å². The highest BCUT2D eigenvalue weighted by Gasteiger charge is 2.25. The van der Waals surface area contributed by atoms with E-state index in [2.05, 4.69) is 5.32 Å². The van der Waals surface area contributed by atoms with Crippen LogP contribution in [0.3, 0.4) is 0 Å². The van der Waals surface area contributed by atoms with E-state index in [0.717, 1.165) is 0 Å². The Balaban J connectivity index is 1.77. The fraction of sp³-hybridized carbons (Fsp3) is 0.471. The van der Waals surface area contributed by atoms with Gasteiger partial charge in [-0.3, -0.25) is 9.59 Å². The van der Waals surface area contributed by atoms with Crippen LogP contribution in [-0.4, -0.2) is 47.1 Å². The number of ether oxygens (including phenoxy) is 1. The first-order valence-corrected chi connectivity index (χ1v) is 7.90. The molecule has 7 heteroatoms. The zero-order valence-electron chi connectivity index (χ0n) is 13.6. The van der Waals surface area contributed by atoms with Gasteiger partial charge in [-0.15, -0.1) is 0 Å². The van der Waals surface area contributed by atoms with Crippen molar-refractivity contribution in [2.75, 3.05) is 13.1 Å². The molecule has 1 aromatic rings. The van der Waals surface area contributed by atoms with Crippen LogP contribution in [0.5, 0.6) is 11.5 Å². The highest BCUT2D eigenvalue weighted by molar-refractivity contribution is 5.81. The standard InChI is InChI=1S/C17H21N3O4/c1-12(24-15-4-2-14(21)3-5-15)17(23)19-13-7-10-20(11-8-13)16(22)6-9-18/h2-5,12-13,21H,6-8,10-11H2,1H3,(H,19,23). The number of piperidine rings is 1. The lowest BCUT2D eigenvalue weighted by Crippen LogP contribution is -2.49. The Kier molecular flexibility index (Phi) is 6.01. The third-order valence-corrected chi connectivity index (χ3v) is 3.94. The number of phenolic OH excluding ortho intramolecular Hbond substituents is 1. The van der Waals surface area contributed by atoms with E-state index in [4.69, 9.17) is 10.00 Å². The number of nitrogens with zero attached hydrogens (tertiary/aromatic N) is 2. The number of hydrogen-bond acceptors (Lipinski definition) is 5. The predicted molar refractivity (Wildman–Crippen MR) is 86.2 cm³/mol. The van der Waals surface area contributed by atoms with Crippen LogP contribution in [0, 0.1) is 11.3 Å². The molecule has 128 valence electrons. The summed E-state index contributed by atoms with van der Waals surface area (Å²) in [7, 11) is 0. The maximum Gasteiger partial charge on any atom is 0.260 e. The van der Waals surface area contributed by atoms with E-state index in [0.29, 0.717) is 31.7 Å². The monoisotopic (exact) mass is 331 g/mol. The molecule has 0 aromatic heterocycles. The Morgan fingerprint density at radius 1 is 1.38 bits per heavy atom. The first-order valence-electron chi connectivity index (χ1n) is 7.90. The maximum atomic E-state index is 12.2. The van der Waals surface area contributed by atoms with Crippen LogP contribution in [0.25, 0.3) is 0 Å². The highest BCUT2D eigenvalue weighted by atomic mass is 16.5. The number of aromatic hydroxyl groups is 1. The molecule has 1 atom stereocenters. The van der Waals surface area contributed by atoms with Crippen molar-refractivity contribution in [2.24, 2.45) is 0 Å². The minimum absolute atomic E-state index is 0.00509. The minimum atomic E-state index is -0.659. The van der Waals surface area contributed by atoms with Crippen molar-refractivity contribution in [1.82, 2.24) is 10.2 Å². The Labute approximate surface area is 140 Å². The summed E-state index contributed by atoms with van der Waals surface area (Å²) in [5.74, 6) is 0.265. The van der Waals surface area contributed by atoms with Gasteiger partial charge in [0.05, 0.1) is 6.07 Å². The van der Waals surface area contributed by atoms with E-state index < -0.39 is 6.10 Å². The molecule has 1 saturated heterocycles. The van der Waals surface area contributed by atoms with Gasteiger partial charge in [0, 0.05) is 19.1 Å². The van der Waals surface area contributed by atoms with Gasteiger partial charge in [-0.2, -0.15) is 5.26 Å². The normalized spacial score (nSPS) is 16.1. The Hall–Kier alpha value is -2.75. The molecule has 2 rings (SSSR count). The zero-order chi connectivity index (χ0) is 17.5. The summed E-state index contributed by atoms with van der Waals surface area (Å²) in [6, 6.07) is 8.03. The molecule has 0 saturated carbocycles. The summed E-state index contributed by atoms with van der Waals surface area (Å²) >= 11 is 0. The fourth-order valence-corrected chi connectivity index (χ4v) is 2.55. The van der Waals surface area contributed by atoms with E-state index in [1.54, 1.807) is 24.0 Å². The quantitative estimate of drug-likeness (QED) is 0.843. The second-order valence-corrected chi connectivity index (χ2v) is 5.75. The zero-order valence-corrected chi connectivity index (χ0v) is 13.6. The molecule has 1 fully saturated rings. The number of carbonyl (C=O) groups excluding carboxylic acids is 2. The molecule has 2 N–H and O–H groups in total. The predicted octanol–water partition coefficient (Wildman–Crippen LogP) is 1.18. The molecular formula is C17H21N3O4. The Morgan fingerprint density at radius 3 is 2.58 bits per heavy atom. The summed E-state index contributed by atoms with van der Waals surface area (Å²) in [6.45, 7) is 2.74. The third kappa shape index (κ3) is 4.88. The van der Waals surface area contributed by atoms with Gasteiger partial charge in [0.15, 0.2) is 6.10 Å². The number of likely N-dealkylation sites (tertiary alicyclic amines) is 1. The lowest BCUT2D eigenvalue weighted by molar-refractivity contribution is -0.131. The Bertz CT molecular complexity index is 616. The average Bonchev–Trinajstić information content (AvgIpc) is 2.57. The highest BCUT2D eigenvalue weighted by Crippen LogP contribution is 2.17. The number of nitriles is 1. The molecule has 0 radical (unpaired) electrons. The Morgan fingerprint density at radius 2 is 2.00 bits per heavy atom. The van der Waals surface area contributed by atoms with Crippen LogP contribution < -0.4 is 10.1 Å². The number of nitrogens with one attached hydrogen (secondary N) is 1. The van der Waals surface area contributed by atoms with Gasteiger partial charge in [-0.25, -0.2) is 0 Å². The van der Waals surface area contributed by atoms with Gasteiger partial charge in [-0.05, 0) is 44.0 Å². The molecule has 2 amide bonds. The van der Waals surface area contributed by atoms with Crippen molar-refractivity contribution in [1.29, 1.82) is 5.26 Å². The average molecular weight is 331 g/mol. The molecule has 7 nitrogen and oxygen atoms in total. The molecule has 0 bridgehead atoms. The number of phenols is 1. The molecule has 1 heterocycles. The number of amides is 2. The van der Waals surface area contributed by atoms with E-state index in [1.165, 1.54) is 12.1 Å². The second kappa shape index (κ2) is 8.20. The van der Waals surface area contributed by atoms with E-state index in [1.807, 2.05) is 6.07 Å². The fourth-order valence-electron chi connectivity index (χ4n) is 2.55. The molecule has 24 heavy (non-hydrogen) atoms. The largest absolute Gasteiger partial charge is 0.508 e. The van der Waals surface area contributed by atoms with Crippen LogP contribution >= 0.6 is 0 Å². The van der Waals surface area contributed by atoms with E-state index in [-0.39, 0.29) is 30.0 Å². The first-order chi connectivity index (χ1) is 11.5. The summed E-state index contributed by atoms with van der Waals surface area (Å²) < 4.78 is 5.54. The van der Waals surface area contributed by atoms with Crippen molar-refractivity contribution < 1.29 is 19.4 Å². The van der Waals surface area contributed by atoms with Gasteiger partial charge in [0.25, 0.3) is 5.91 Å². The van der Waals surface area contributed by atoms with Crippen molar-refractivity contribution in [3.63, 3.8) is 0 Å². The number of benzene rings is 1. The first kappa shape index (κ1) is 17.6. The summed E-state index contributed by atoms with van der Waals surface area (Å²) in [5.41, 5.74) is 0. The number of carbonyl (C=O) groups is 2. The second-order valence-electron chi connectivity index (χ2n) is 5.75. The van der Waals surface area contributed by atoms with E-state index >= 15 is 0 Å². The molecule has 1 aliphatic rings. The summed E-state index contributed by atoms with van der Waals surface area (Å²) in [5, 5.41) is 20.7. The van der Waals surface area contributed by atoms with Gasteiger partial charge in [0.1, 0.15) is 17.9 Å². The molecule has 0 aliphatic carbocycles. The molecule has 1 aliphatic heterocycles. The molecule has 1 aromatic carbocycles. The van der Waals surface area contributed by atoms with Gasteiger partial charge in [-0.1, -0.05) is 0 Å². The maximum absolute atomic E-state index is 12.2. The number of hydrogen-bond donors (Lipinski definition) is 2. The lowest BCUT2D eigenvalue weighted by Gasteiger charge is -2.32. The lowest BCUT2D eigenvalue weighted by atomic mass is 10.0. The molecular weight excluding hydrogens is 310 g/mol. The van der Waals surface area contributed by atoms with Crippen molar-refractivity contribution >= 4 is 11.8 Å². The van der Waals surface area contributed by atoms with Gasteiger partial charge in [0.2, 0.25) is 5.91 Å².